The normalized spacial score (nSPS) is 13.3. The fraction of sp³-hybridized carbons (Fsp3) is 0.250. The molecule has 3 rings (SSSR count). The summed E-state index contributed by atoms with van der Waals surface area (Å²) in [7, 11) is 0. The van der Waals surface area contributed by atoms with E-state index in [0.29, 0.717) is 11.6 Å². The van der Waals surface area contributed by atoms with Crippen molar-refractivity contribution in [2.45, 2.75) is 6.42 Å². The lowest BCUT2D eigenvalue weighted by molar-refractivity contribution is 0.324. The lowest BCUT2D eigenvalue weighted by atomic mass is 10.1. The Balaban J connectivity index is 1.61. The van der Waals surface area contributed by atoms with Crippen molar-refractivity contribution in [2.24, 2.45) is 0 Å². The highest BCUT2D eigenvalue weighted by atomic mass is 35.5. The van der Waals surface area contributed by atoms with Crippen molar-refractivity contribution in [3.63, 3.8) is 0 Å². The Morgan fingerprint density at radius 1 is 1.20 bits per heavy atom. The van der Waals surface area contributed by atoms with E-state index in [4.69, 9.17) is 22.1 Å². The highest BCUT2D eigenvalue weighted by Crippen LogP contribution is 2.33. The molecule has 0 amide bonds. The maximum absolute atomic E-state index is 6.07. The Kier molecular flexibility index (Phi) is 3.70. The van der Waals surface area contributed by atoms with Gasteiger partial charge in [-0.3, -0.25) is 0 Å². The van der Waals surface area contributed by atoms with E-state index in [-0.39, 0.29) is 0 Å². The van der Waals surface area contributed by atoms with Gasteiger partial charge >= 0.3 is 0 Å². The number of nitrogens with two attached hydrogens (primary N) is 1. The van der Waals surface area contributed by atoms with E-state index in [1.54, 1.807) is 0 Å². The molecule has 1 aliphatic heterocycles. The molecule has 0 bridgehead atoms. The fourth-order valence-corrected chi connectivity index (χ4v) is 2.80. The first-order valence-corrected chi connectivity index (χ1v) is 7.12. The number of hydrogen-bond donors (Lipinski definition) is 1. The number of ether oxygens (including phenoxy) is 1. The monoisotopic (exact) mass is 288 g/mol. The van der Waals surface area contributed by atoms with Gasteiger partial charge in [-0.05, 0) is 36.2 Å². The third kappa shape index (κ3) is 2.68. The molecule has 0 unspecified atom stereocenters. The van der Waals surface area contributed by atoms with Crippen LogP contribution in [0.3, 0.4) is 0 Å². The first-order chi connectivity index (χ1) is 9.74. The minimum Gasteiger partial charge on any atom is -0.492 e. The first kappa shape index (κ1) is 13.1. The summed E-state index contributed by atoms with van der Waals surface area (Å²) >= 11 is 5.93. The van der Waals surface area contributed by atoms with Gasteiger partial charge in [0.05, 0.1) is 17.9 Å². The van der Waals surface area contributed by atoms with E-state index in [1.807, 2.05) is 36.4 Å². The van der Waals surface area contributed by atoms with Gasteiger partial charge in [0.25, 0.3) is 0 Å². The summed E-state index contributed by atoms with van der Waals surface area (Å²) in [5, 5.41) is 0.693. The van der Waals surface area contributed by atoms with Gasteiger partial charge in [0.2, 0.25) is 0 Å². The zero-order chi connectivity index (χ0) is 13.9. The van der Waals surface area contributed by atoms with Crippen LogP contribution in [0.25, 0.3) is 0 Å². The molecule has 2 N–H and O–H groups in total. The third-order valence-corrected chi connectivity index (χ3v) is 3.78. The standard InChI is InChI=1S/C16H17ClN2O/c17-13-4-2-5-14(11-13)20-10-9-19-8-7-12-3-1-6-15(18)16(12)19/h1-6,11H,7-10,18H2. The number of nitrogen functional groups attached to an aromatic ring is 1. The molecule has 2 aromatic carbocycles. The van der Waals surface area contributed by atoms with Crippen LogP contribution in [0.1, 0.15) is 5.56 Å². The van der Waals surface area contributed by atoms with Crippen LogP contribution in [0.15, 0.2) is 42.5 Å². The van der Waals surface area contributed by atoms with Crippen molar-refractivity contribution < 1.29 is 4.74 Å². The van der Waals surface area contributed by atoms with Crippen LogP contribution in [0.2, 0.25) is 5.02 Å². The largest absolute Gasteiger partial charge is 0.492 e. The number of rotatable bonds is 4. The predicted octanol–water partition coefficient (Wildman–Crippen LogP) is 3.36. The Bertz CT molecular complexity index is 615. The van der Waals surface area contributed by atoms with Crippen molar-refractivity contribution in [2.75, 3.05) is 30.3 Å². The van der Waals surface area contributed by atoms with E-state index < -0.39 is 0 Å². The molecule has 2 aromatic rings. The molecule has 0 saturated carbocycles. The van der Waals surface area contributed by atoms with Gasteiger partial charge in [0.15, 0.2) is 0 Å². The molecule has 0 aromatic heterocycles. The molecule has 104 valence electrons. The maximum atomic E-state index is 6.07. The molecule has 3 nitrogen and oxygen atoms in total. The summed E-state index contributed by atoms with van der Waals surface area (Å²) in [6, 6.07) is 13.6. The highest BCUT2D eigenvalue weighted by Gasteiger charge is 2.20. The van der Waals surface area contributed by atoms with Crippen molar-refractivity contribution in [3.8, 4) is 5.75 Å². The van der Waals surface area contributed by atoms with Gasteiger partial charge in [-0.1, -0.05) is 29.8 Å². The number of benzene rings is 2. The summed E-state index contributed by atoms with van der Waals surface area (Å²) in [6.07, 6.45) is 1.05. The van der Waals surface area contributed by atoms with E-state index in [2.05, 4.69) is 11.0 Å². The van der Waals surface area contributed by atoms with Gasteiger partial charge in [-0.25, -0.2) is 0 Å². The second-order valence-corrected chi connectivity index (χ2v) is 5.33. The summed E-state index contributed by atoms with van der Waals surface area (Å²) in [5.74, 6) is 0.804. The number of hydrogen-bond acceptors (Lipinski definition) is 3. The predicted molar refractivity (Wildman–Crippen MR) is 83.7 cm³/mol. The summed E-state index contributed by atoms with van der Waals surface area (Å²) in [5.41, 5.74) is 9.41. The Morgan fingerprint density at radius 3 is 2.90 bits per heavy atom. The van der Waals surface area contributed by atoms with E-state index in [9.17, 15) is 0 Å². The zero-order valence-electron chi connectivity index (χ0n) is 11.2. The first-order valence-electron chi connectivity index (χ1n) is 6.75. The SMILES string of the molecule is Nc1cccc2c1N(CCOc1cccc(Cl)c1)CC2. The maximum Gasteiger partial charge on any atom is 0.120 e. The van der Waals surface area contributed by atoms with Crippen LogP contribution in [0, 0.1) is 0 Å². The molecule has 1 aliphatic rings. The molecule has 4 heteroatoms. The Morgan fingerprint density at radius 2 is 2.05 bits per heavy atom. The topological polar surface area (TPSA) is 38.5 Å². The smallest absolute Gasteiger partial charge is 0.120 e. The minimum atomic E-state index is 0.619. The Labute approximate surface area is 123 Å². The molecule has 0 aliphatic carbocycles. The number of anilines is 2. The van der Waals surface area contributed by atoms with Crippen LogP contribution in [0.4, 0.5) is 11.4 Å². The van der Waals surface area contributed by atoms with Crippen molar-refractivity contribution >= 4 is 23.0 Å². The number of nitrogens with zero attached hydrogens (tertiary/aromatic N) is 1. The van der Waals surface area contributed by atoms with Crippen LogP contribution in [0.5, 0.6) is 5.75 Å². The molecule has 1 heterocycles. The molecule has 0 saturated heterocycles. The van der Waals surface area contributed by atoms with Crippen LogP contribution < -0.4 is 15.4 Å². The molecule has 0 fully saturated rings. The fourth-order valence-electron chi connectivity index (χ4n) is 2.62. The van der Waals surface area contributed by atoms with Gasteiger partial charge in [-0.2, -0.15) is 0 Å². The van der Waals surface area contributed by atoms with Crippen molar-refractivity contribution in [1.82, 2.24) is 0 Å². The van der Waals surface area contributed by atoms with Crippen molar-refractivity contribution in [1.29, 1.82) is 0 Å². The number of fused-ring (bicyclic) bond motifs is 1. The molecule has 20 heavy (non-hydrogen) atoms. The second kappa shape index (κ2) is 5.63. The van der Waals surface area contributed by atoms with Crippen LogP contribution in [-0.4, -0.2) is 19.7 Å². The average Bonchev–Trinajstić information content (AvgIpc) is 2.84. The van der Waals surface area contributed by atoms with Crippen LogP contribution >= 0.6 is 11.6 Å². The zero-order valence-corrected chi connectivity index (χ0v) is 11.9. The van der Waals surface area contributed by atoms with Crippen LogP contribution in [-0.2, 0) is 6.42 Å². The number of para-hydroxylation sites is 1. The lowest BCUT2D eigenvalue weighted by Crippen LogP contribution is -2.26. The third-order valence-electron chi connectivity index (χ3n) is 3.54. The molecule has 0 atom stereocenters. The minimum absolute atomic E-state index is 0.619. The van der Waals surface area contributed by atoms with E-state index in [1.165, 1.54) is 11.3 Å². The molecular weight excluding hydrogens is 272 g/mol. The second-order valence-electron chi connectivity index (χ2n) is 4.90. The van der Waals surface area contributed by atoms with Crippen molar-refractivity contribution in [3.05, 3.63) is 53.1 Å². The van der Waals surface area contributed by atoms with Gasteiger partial charge in [-0.15, -0.1) is 0 Å². The highest BCUT2D eigenvalue weighted by molar-refractivity contribution is 6.30. The van der Waals surface area contributed by atoms with Gasteiger partial charge in [0, 0.05) is 11.6 Å². The van der Waals surface area contributed by atoms with E-state index >= 15 is 0 Å². The van der Waals surface area contributed by atoms with Gasteiger partial charge in [0.1, 0.15) is 12.4 Å². The number of halogens is 1. The summed E-state index contributed by atoms with van der Waals surface area (Å²) in [6.45, 7) is 2.45. The summed E-state index contributed by atoms with van der Waals surface area (Å²) in [4.78, 5) is 2.29. The van der Waals surface area contributed by atoms with Gasteiger partial charge < -0.3 is 15.4 Å². The van der Waals surface area contributed by atoms with E-state index in [0.717, 1.165) is 30.9 Å². The average molecular weight is 289 g/mol. The molecule has 0 spiro atoms. The Hall–Kier alpha value is -1.87. The lowest BCUT2D eigenvalue weighted by Gasteiger charge is -2.21. The molecular formula is C16H17ClN2O. The summed E-state index contributed by atoms with van der Waals surface area (Å²) < 4.78 is 5.74. The quantitative estimate of drug-likeness (QED) is 0.877. The molecule has 0 radical (unpaired) electrons.